The molecule has 0 saturated carbocycles. The van der Waals surface area contributed by atoms with Gasteiger partial charge in [0.15, 0.2) is 0 Å². The van der Waals surface area contributed by atoms with E-state index in [4.69, 9.17) is 14.2 Å². The molecule has 0 saturated heterocycles. The second-order valence-corrected chi connectivity index (χ2v) is 24.5. The third kappa shape index (κ3) is 27.6. The molecular weight excluding hydrogens is 997 g/mol. The van der Waals surface area contributed by atoms with Crippen molar-refractivity contribution in [3.05, 3.63) is 136 Å². The third-order valence-corrected chi connectivity index (χ3v) is 16.4. The first kappa shape index (κ1) is 69.5. The van der Waals surface area contributed by atoms with E-state index in [0.717, 1.165) is 86.2 Å². The standard InChI is InChI=1S/C54H76O.C25H42O2/c1-8-11-13-15-17-19-25-48-41-50(49(40-47(48)22-10-3)26-20-18-16-14-12-9-2)30-28-45-38-51-29-27-44(7)37-53(51)54(39-45)46-31-33-52(34-32-46)55-36-35-43(6)24-21-23-42(4)5;1-5-8-10-12-14-16-19-27-25-20-22(4)24(21-23(25)17-7-3)26-18-15-13-11-9-6-2/h10,22,27-34,37-43H,8-9,11-21,23-26,35-36H2,1-7H3;7,17,20-21H,5-6,8-16,18-19H2,1-4H3/b22-10+,30-28+;17-7+. The summed E-state index contributed by atoms with van der Waals surface area (Å²) in [7, 11) is 0. The van der Waals surface area contributed by atoms with Gasteiger partial charge >= 0.3 is 0 Å². The molecule has 0 spiro atoms. The Morgan fingerprint density at radius 2 is 0.939 bits per heavy atom. The first-order valence-electron chi connectivity index (χ1n) is 33.8. The number of fused-ring (bicyclic) bond motifs is 1. The highest BCUT2D eigenvalue weighted by Crippen LogP contribution is 2.35. The van der Waals surface area contributed by atoms with Gasteiger partial charge in [0.2, 0.25) is 0 Å². The molecule has 3 heteroatoms. The number of hydrogen-bond donors (Lipinski definition) is 0. The van der Waals surface area contributed by atoms with Crippen LogP contribution in [0.25, 0.3) is 46.2 Å². The predicted octanol–water partition coefficient (Wildman–Crippen LogP) is 25.2. The summed E-state index contributed by atoms with van der Waals surface area (Å²) in [5.41, 5.74) is 13.1. The van der Waals surface area contributed by atoms with Crippen molar-refractivity contribution in [2.45, 2.75) is 262 Å². The van der Waals surface area contributed by atoms with Gasteiger partial charge in [-0.25, -0.2) is 0 Å². The highest BCUT2D eigenvalue weighted by atomic mass is 16.5. The predicted molar refractivity (Wildman–Crippen MR) is 365 cm³/mol. The largest absolute Gasteiger partial charge is 0.494 e. The maximum Gasteiger partial charge on any atom is 0.127 e. The number of allylic oxidation sites excluding steroid dienone is 2. The monoisotopic (exact) mass is 1110 g/mol. The van der Waals surface area contributed by atoms with Gasteiger partial charge in [-0.2, -0.15) is 0 Å². The van der Waals surface area contributed by atoms with Crippen LogP contribution in [0.15, 0.2) is 91.0 Å². The maximum atomic E-state index is 6.24. The fourth-order valence-electron chi connectivity index (χ4n) is 11.2. The molecule has 1 unspecified atom stereocenters. The molecule has 3 nitrogen and oxygen atoms in total. The van der Waals surface area contributed by atoms with Crippen LogP contribution in [0.2, 0.25) is 0 Å². The summed E-state index contributed by atoms with van der Waals surface area (Å²) >= 11 is 0. The van der Waals surface area contributed by atoms with E-state index in [2.05, 4.69) is 185 Å². The van der Waals surface area contributed by atoms with Crippen molar-refractivity contribution >= 4 is 35.1 Å². The number of aryl methyl sites for hydroxylation is 4. The third-order valence-electron chi connectivity index (χ3n) is 16.4. The summed E-state index contributed by atoms with van der Waals surface area (Å²) in [6.45, 7) is 27.0. The molecule has 0 radical (unpaired) electrons. The lowest BCUT2D eigenvalue weighted by molar-refractivity contribution is 0.276. The fraction of sp³-hybridized carbons (Fsp3) is 0.570. The zero-order valence-corrected chi connectivity index (χ0v) is 54.5. The van der Waals surface area contributed by atoms with Crippen molar-refractivity contribution in [1.82, 2.24) is 0 Å². The molecule has 0 bridgehead atoms. The zero-order valence-electron chi connectivity index (χ0n) is 54.5. The Kier molecular flexibility index (Phi) is 36.2. The van der Waals surface area contributed by atoms with E-state index in [1.54, 1.807) is 0 Å². The van der Waals surface area contributed by atoms with Gasteiger partial charge < -0.3 is 14.2 Å². The summed E-state index contributed by atoms with van der Waals surface area (Å²) < 4.78 is 18.4. The average Bonchev–Trinajstić information content (AvgIpc) is 3.40. The first-order valence-corrected chi connectivity index (χ1v) is 33.8. The van der Waals surface area contributed by atoms with Gasteiger partial charge in [0.1, 0.15) is 17.2 Å². The Balaban J connectivity index is 0.000000449. The van der Waals surface area contributed by atoms with Gasteiger partial charge in [-0.1, -0.05) is 274 Å². The number of rotatable bonds is 42. The molecule has 82 heavy (non-hydrogen) atoms. The molecule has 0 fully saturated rings. The molecular formula is C79H118O3. The van der Waals surface area contributed by atoms with Crippen LogP contribution in [0.3, 0.4) is 0 Å². The van der Waals surface area contributed by atoms with Crippen molar-refractivity contribution in [2.24, 2.45) is 11.8 Å². The summed E-state index contributed by atoms with van der Waals surface area (Å²) in [6, 6.07) is 29.8. The number of hydrogen-bond acceptors (Lipinski definition) is 3. The minimum atomic E-state index is 0.702. The normalized spacial score (nSPS) is 12.1. The number of ether oxygens (including phenoxy) is 3. The van der Waals surface area contributed by atoms with E-state index in [1.165, 1.54) is 209 Å². The molecule has 5 rings (SSSR count). The van der Waals surface area contributed by atoms with Crippen molar-refractivity contribution in [2.75, 3.05) is 19.8 Å². The topological polar surface area (TPSA) is 27.7 Å². The van der Waals surface area contributed by atoms with E-state index in [1.807, 2.05) is 6.92 Å². The average molecular weight is 1120 g/mol. The SMILES string of the molecule is C/C=C/c1cc(CCCCCCCC)c(/C=C/c2cc(-c3ccc(OCCC(C)CCCC(C)C)cc3)c3cc(C)ccc3c2)cc1CCCCCCCC.C/C=C/c1cc(OCCCCCCC)c(C)cc1OCCCCCCCC. The van der Waals surface area contributed by atoms with Gasteiger partial charge in [-0.3, -0.25) is 0 Å². The Morgan fingerprint density at radius 1 is 0.415 bits per heavy atom. The molecule has 0 N–H and O–H groups in total. The van der Waals surface area contributed by atoms with Gasteiger partial charge in [0.05, 0.1) is 19.8 Å². The van der Waals surface area contributed by atoms with Crippen molar-refractivity contribution in [1.29, 1.82) is 0 Å². The summed E-state index contributed by atoms with van der Waals surface area (Å²) in [5, 5.41) is 2.59. The van der Waals surface area contributed by atoms with Crippen LogP contribution in [0.5, 0.6) is 17.2 Å². The van der Waals surface area contributed by atoms with Crippen LogP contribution in [0.1, 0.15) is 280 Å². The lowest BCUT2D eigenvalue weighted by Gasteiger charge is -2.15. The summed E-state index contributed by atoms with van der Waals surface area (Å²) in [6.07, 6.45) is 50.8. The summed E-state index contributed by atoms with van der Waals surface area (Å²) in [5.74, 6) is 4.43. The molecule has 0 aliphatic carbocycles. The van der Waals surface area contributed by atoms with Crippen LogP contribution in [-0.4, -0.2) is 19.8 Å². The fourth-order valence-corrected chi connectivity index (χ4v) is 11.2. The first-order chi connectivity index (χ1) is 40.0. The Morgan fingerprint density at radius 3 is 1.50 bits per heavy atom. The van der Waals surface area contributed by atoms with Crippen LogP contribution in [-0.2, 0) is 12.8 Å². The summed E-state index contributed by atoms with van der Waals surface area (Å²) in [4.78, 5) is 0. The molecule has 0 aliphatic heterocycles. The van der Waals surface area contributed by atoms with Crippen molar-refractivity contribution in [3.8, 4) is 28.4 Å². The van der Waals surface area contributed by atoms with E-state index in [0.29, 0.717) is 5.92 Å². The Bertz CT molecular complexity index is 2550. The molecule has 1 atom stereocenters. The molecule has 0 amide bonds. The molecule has 0 heterocycles. The quantitative estimate of drug-likeness (QED) is 0.0288. The zero-order chi connectivity index (χ0) is 59.0. The minimum Gasteiger partial charge on any atom is -0.494 e. The van der Waals surface area contributed by atoms with Gasteiger partial charge in [-0.15, -0.1) is 0 Å². The number of benzene rings is 5. The Labute approximate surface area is 504 Å². The van der Waals surface area contributed by atoms with E-state index in [9.17, 15) is 0 Å². The Hall–Kier alpha value is -5.02. The second-order valence-electron chi connectivity index (χ2n) is 24.5. The smallest absolute Gasteiger partial charge is 0.127 e. The maximum absolute atomic E-state index is 6.24. The molecule has 452 valence electrons. The molecule has 0 aliphatic rings. The van der Waals surface area contributed by atoms with Gasteiger partial charge in [0, 0.05) is 5.56 Å². The van der Waals surface area contributed by atoms with E-state index < -0.39 is 0 Å². The molecule has 0 aromatic heterocycles. The second kappa shape index (κ2) is 42.7. The van der Waals surface area contributed by atoms with Crippen LogP contribution in [0.4, 0.5) is 0 Å². The van der Waals surface area contributed by atoms with Crippen molar-refractivity contribution in [3.63, 3.8) is 0 Å². The van der Waals surface area contributed by atoms with Crippen LogP contribution < -0.4 is 14.2 Å². The lowest BCUT2D eigenvalue weighted by Crippen LogP contribution is -2.04. The van der Waals surface area contributed by atoms with Gasteiger partial charge in [0.25, 0.3) is 0 Å². The molecule has 5 aromatic rings. The van der Waals surface area contributed by atoms with E-state index in [-0.39, 0.29) is 0 Å². The highest BCUT2D eigenvalue weighted by molar-refractivity contribution is 5.99. The van der Waals surface area contributed by atoms with E-state index >= 15 is 0 Å². The minimum absolute atomic E-state index is 0.702. The van der Waals surface area contributed by atoms with Gasteiger partial charge in [-0.05, 0) is 176 Å². The van der Waals surface area contributed by atoms with Crippen LogP contribution >= 0.6 is 0 Å². The number of unbranched alkanes of at least 4 members (excludes halogenated alkanes) is 19. The molecule has 5 aromatic carbocycles. The lowest BCUT2D eigenvalue weighted by atomic mass is 9.91. The van der Waals surface area contributed by atoms with Crippen molar-refractivity contribution < 1.29 is 14.2 Å². The van der Waals surface area contributed by atoms with Crippen LogP contribution in [0, 0.1) is 25.7 Å². The highest BCUT2D eigenvalue weighted by Gasteiger charge is 2.13.